The molecule has 2 N–H and O–H groups in total. The lowest BCUT2D eigenvalue weighted by Crippen LogP contribution is -2.20. The molecule has 28 heavy (non-hydrogen) atoms. The molecule has 3 rings (SSSR count). The van der Waals surface area contributed by atoms with Crippen LogP contribution in [0.3, 0.4) is 0 Å². The smallest absolute Gasteiger partial charge is 0.341 e. The molecule has 1 aliphatic carbocycles. The number of nitrogens with one attached hydrogen (secondary N) is 2. The highest BCUT2D eigenvalue weighted by Crippen LogP contribution is 2.37. The Hall–Kier alpha value is -1.92. The molecule has 0 unspecified atom stereocenters. The molecule has 1 aliphatic rings. The first-order chi connectivity index (χ1) is 13.6. The molecular weight excluding hydrogens is 388 g/mol. The average molecular weight is 417 g/mol. The monoisotopic (exact) mass is 416 g/mol. The zero-order chi connectivity index (χ0) is 19.9. The van der Waals surface area contributed by atoms with Gasteiger partial charge in [-0.05, 0) is 74.5 Å². The fourth-order valence-corrected chi connectivity index (χ4v) is 5.13. The third-order valence-electron chi connectivity index (χ3n) is 4.97. The molecule has 0 saturated heterocycles. The third-order valence-corrected chi connectivity index (χ3v) is 6.38. The Morgan fingerprint density at radius 1 is 1.14 bits per heavy atom. The normalized spacial score (nSPS) is 13.8. The zero-order valence-corrected chi connectivity index (χ0v) is 18.2. The summed E-state index contributed by atoms with van der Waals surface area (Å²) in [6.07, 6.45) is 7.67. The van der Waals surface area contributed by atoms with E-state index in [1.54, 1.807) is 11.3 Å². The van der Waals surface area contributed by atoms with Gasteiger partial charge in [-0.25, -0.2) is 4.79 Å². The molecule has 1 aromatic heterocycles. The lowest BCUT2D eigenvalue weighted by molar-refractivity contribution is 0.0526. The number of anilines is 2. The van der Waals surface area contributed by atoms with Crippen LogP contribution in [0.5, 0.6) is 0 Å². The Bertz CT molecular complexity index is 845. The first kappa shape index (κ1) is 20.8. The Morgan fingerprint density at radius 2 is 1.93 bits per heavy atom. The summed E-state index contributed by atoms with van der Waals surface area (Å²) < 4.78 is 5.36. The summed E-state index contributed by atoms with van der Waals surface area (Å²) in [6, 6.07) is 8.20. The van der Waals surface area contributed by atoms with Gasteiger partial charge in [0.05, 0.1) is 12.2 Å². The van der Waals surface area contributed by atoms with Gasteiger partial charge < -0.3 is 15.4 Å². The molecule has 4 nitrogen and oxygen atoms in total. The van der Waals surface area contributed by atoms with E-state index < -0.39 is 0 Å². The molecule has 1 heterocycles. The number of hydrogen-bond acceptors (Lipinski definition) is 4. The minimum atomic E-state index is -0.251. The summed E-state index contributed by atoms with van der Waals surface area (Å²) in [5.41, 5.74) is 4.03. The number of carbonyl (C=O) groups is 1. The summed E-state index contributed by atoms with van der Waals surface area (Å²) in [4.78, 5) is 14.0. The summed E-state index contributed by atoms with van der Waals surface area (Å²) in [5.74, 6) is -0.251. The van der Waals surface area contributed by atoms with Gasteiger partial charge in [0.2, 0.25) is 0 Å². The van der Waals surface area contributed by atoms with Crippen molar-refractivity contribution in [3.8, 4) is 0 Å². The molecule has 2 aromatic rings. The number of benzene rings is 1. The Morgan fingerprint density at radius 3 is 2.68 bits per heavy atom. The van der Waals surface area contributed by atoms with Crippen molar-refractivity contribution >= 4 is 45.3 Å². The molecule has 0 bridgehead atoms. The van der Waals surface area contributed by atoms with Crippen molar-refractivity contribution in [2.75, 3.05) is 17.2 Å². The minimum Gasteiger partial charge on any atom is -0.462 e. The van der Waals surface area contributed by atoms with Gasteiger partial charge in [0.15, 0.2) is 5.11 Å². The van der Waals surface area contributed by atoms with Crippen LogP contribution >= 0.6 is 23.6 Å². The van der Waals surface area contributed by atoms with E-state index in [0.717, 1.165) is 41.9 Å². The van der Waals surface area contributed by atoms with Crippen molar-refractivity contribution in [2.45, 2.75) is 58.8 Å². The Balaban J connectivity index is 1.84. The van der Waals surface area contributed by atoms with Crippen LogP contribution in [-0.2, 0) is 24.0 Å². The van der Waals surface area contributed by atoms with Gasteiger partial charge in [-0.3, -0.25) is 0 Å². The van der Waals surface area contributed by atoms with Gasteiger partial charge in [0.25, 0.3) is 0 Å². The van der Waals surface area contributed by atoms with Crippen LogP contribution in [0.4, 0.5) is 10.7 Å². The van der Waals surface area contributed by atoms with Crippen LogP contribution in [0.2, 0.25) is 0 Å². The van der Waals surface area contributed by atoms with E-state index in [4.69, 9.17) is 17.0 Å². The molecule has 150 valence electrons. The fourth-order valence-electron chi connectivity index (χ4n) is 3.56. The van der Waals surface area contributed by atoms with Crippen molar-refractivity contribution in [2.24, 2.45) is 0 Å². The maximum absolute atomic E-state index is 12.7. The van der Waals surface area contributed by atoms with Gasteiger partial charge in [0.1, 0.15) is 5.00 Å². The molecule has 0 amide bonds. The van der Waals surface area contributed by atoms with Gasteiger partial charge >= 0.3 is 5.97 Å². The number of hydrogen-bond donors (Lipinski definition) is 2. The second-order valence-electron chi connectivity index (χ2n) is 6.98. The highest BCUT2D eigenvalue weighted by Gasteiger charge is 2.25. The SMILES string of the molecule is CCOC(=O)c1c(NC(=S)Nc2cccc(CC)c2)sc2c1CCCCCC2. The van der Waals surface area contributed by atoms with E-state index in [0.29, 0.717) is 17.3 Å². The predicted octanol–water partition coefficient (Wildman–Crippen LogP) is 5.96. The first-order valence-electron chi connectivity index (χ1n) is 10.1. The molecule has 6 heteroatoms. The number of esters is 1. The van der Waals surface area contributed by atoms with Crippen LogP contribution in [-0.4, -0.2) is 17.7 Å². The summed E-state index contributed by atoms with van der Waals surface area (Å²) in [6.45, 7) is 4.34. The molecule has 0 fully saturated rings. The zero-order valence-electron chi connectivity index (χ0n) is 16.6. The van der Waals surface area contributed by atoms with E-state index in [9.17, 15) is 4.79 Å². The molecular formula is C22H28N2O2S2. The standard InChI is InChI=1S/C22H28N2O2S2/c1-3-15-10-9-11-16(14-15)23-22(27)24-20-19(21(25)26-4-2)17-12-7-5-6-8-13-18(17)28-20/h9-11,14H,3-8,12-13H2,1-2H3,(H2,23,24,27). The van der Waals surface area contributed by atoms with Crippen molar-refractivity contribution in [1.82, 2.24) is 0 Å². The molecule has 0 spiro atoms. The number of thiocarbonyl (C=S) groups is 1. The second kappa shape index (κ2) is 10.0. The Labute approximate surface area is 176 Å². The molecule has 0 radical (unpaired) electrons. The van der Waals surface area contributed by atoms with Crippen LogP contribution in [0, 0.1) is 0 Å². The summed E-state index contributed by atoms with van der Waals surface area (Å²) in [7, 11) is 0. The summed E-state index contributed by atoms with van der Waals surface area (Å²) >= 11 is 7.18. The van der Waals surface area contributed by atoms with Crippen molar-refractivity contribution < 1.29 is 9.53 Å². The number of carbonyl (C=O) groups excluding carboxylic acids is 1. The highest BCUT2D eigenvalue weighted by molar-refractivity contribution is 7.80. The largest absolute Gasteiger partial charge is 0.462 e. The Kier molecular flexibility index (Phi) is 7.45. The van der Waals surface area contributed by atoms with E-state index in [2.05, 4.69) is 29.7 Å². The van der Waals surface area contributed by atoms with E-state index >= 15 is 0 Å². The van der Waals surface area contributed by atoms with Crippen LogP contribution < -0.4 is 10.6 Å². The van der Waals surface area contributed by atoms with Crippen LogP contribution in [0.1, 0.15) is 65.9 Å². The maximum atomic E-state index is 12.7. The minimum absolute atomic E-state index is 0.251. The van der Waals surface area contributed by atoms with E-state index in [-0.39, 0.29) is 5.97 Å². The van der Waals surface area contributed by atoms with Crippen molar-refractivity contribution in [3.63, 3.8) is 0 Å². The first-order valence-corrected chi connectivity index (χ1v) is 11.3. The van der Waals surface area contributed by atoms with Gasteiger partial charge in [0, 0.05) is 10.6 Å². The number of thiophene rings is 1. The molecule has 0 atom stereocenters. The summed E-state index contributed by atoms with van der Waals surface area (Å²) in [5, 5.41) is 7.81. The maximum Gasteiger partial charge on any atom is 0.341 e. The predicted molar refractivity (Wildman–Crippen MR) is 122 cm³/mol. The second-order valence-corrected chi connectivity index (χ2v) is 8.49. The average Bonchev–Trinajstić information content (AvgIpc) is 2.98. The fraction of sp³-hybridized carbons (Fsp3) is 0.455. The van der Waals surface area contributed by atoms with Gasteiger partial charge in [-0.1, -0.05) is 31.9 Å². The third kappa shape index (κ3) is 5.11. The number of ether oxygens (including phenoxy) is 1. The van der Waals surface area contributed by atoms with Crippen molar-refractivity contribution in [1.29, 1.82) is 0 Å². The quantitative estimate of drug-likeness (QED) is 0.465. The lowest BCUT2D eigenvalue weighted by atomic mass is 9.96. The van der Waals surface area contributed by atoms with Gasteiger partial charge in [-0.15, -0.1) is 11.3 Å². The molecule has 0 saturated carbocycles. The van der Waals surface area contributed by atoms with Crippen LogP contribution in [0.25, 0.3) is 0 Å². The highest BCUT2D eigenvalue weighted by atomic mass is 32.1. The number of fused-ring (bicyclic) bond motifs is 1. The van der Waals surface area contributed by atoms with Gasteiger partial charge in [-0.2, -0.15) is 0 Å². The number of aryl methyl sites for hydroxylation is 2. The number of rotatable bonds is 5. The topological polar surface area (TPSA) is 50.4 Å². The lowest BCUT2D eigenvalue weighted by Gasteiger charge is -2.13. The molecule has 0 aliphatic heterocycles. The van der Waals surface area contributed by atoms with E-state index in [1.165, 1.54) is 29.7 Å². The van der Waals surface area contributed by atoms with E-state index in [1.807, 2.05) is 19.1 Å². The molecule has 1 aromatic carbocycles. The van der Waals surface area contributed by atoms with Crippen molar-refractivity contribution in [3.05, 3.63) is 45.8 Å². The van der Waals surface area contributed by atoms with Crippen LogP contribution in [0.15, 0.2) is 24.3 Å².